The highest BCUT2D eigenvalue weighted by Crippen LogP contribution is 2.26. The summed E-state index contributed by atoms with van der Waals surface area (Å²) in [6, 6.07) is 0.536. The van der Waals surface area contributed by atoms with Crippen LogP contribution in [0.1, 0.15) is 72.6 Å². The van der Waals surface area contributed by atoms with Gasteiger partial charge in [0.25, 0.3) is 0 Å². The monoisotopic (exact) mass is 415 g/mol. The number of nitrogens with two attached hydrogens (primary N) is 1. The van der Waals surface area contributed by atoms with Gasteiger partial charge in [-0.25, -0.2) is 0 Å². The fourth-order valence-electron chi connectivity index (χ4n) is 1.13. The van der Waals surface area contributed by atoms with Crippen LogP contribution < -0.4 is 5.73 Å². The van der Waals surface area contributed by atoms with Crippen molar-refractivity contribution in [3.63, 3.8) is 0 Å². The van der Waals surface area contributed by atoms with Gasteiger partial charge in [-0.15, -0.1) is 0 Å². The molecule has 1 saturated carbocycles. The Labute approximate surface area is 151 Å². The van der Waals surface area contributed by atoms with E-state index in [0.29, 0.717) is 6.04 Å². The first-order chi connectivity index (χ1) is 10.2. The molecule has 1 aliphatic rings. The molecule has 0 amide bonds. The predicted molar refractivity (Wildman–Crippen MR) is 105 cm³/mol. The van der Waals surface area contributed by atoms with Crippen LogP contribution in [0, 0.1) is 0 Å². The summed E-state index contributed by atoms with van der Waals surface area (Å²) in [5, 5.41) is 0. The minimum atomic E-state index is -3.81. The topological polar surface area (TPSA) is 147 Å². The molecule has 0 spiro atoms. The fraction of sp³-hybridized carbons (Fsp3) is 1.00. The van der Waals surface area contributed by atoms with Crippen molar-refractivity contribution >= 4 is 37.1 Å². The molecular weight excluding hydrogens is 380 g/mol. The summed E-state index contributed by atoms with van der Waals surface area (Å²) in [5.41, 5.74) is 5.63. The molecule has 11 heteroatoms. The van der Waals surface area contributed by atoms with Crippen molar-refractivity contribution in [2.45, 2.75) is 78.7 Å². The molecule has 0 aromatic heterocycles. The Hall–Kier alpha value is 1.02. The van der Waals surface area contributed by atoms with Gasteiger partial charge in [0, 0.05) is 6.04 Å². The van der Waals surface area contributed by atoms with Crippen LogP contribution in [0.15, 0.2) is 0 Å². The van der Waals surface area contributed by atoms with Gasteiger partial charge in [-0.2, -0.15) is 0 Å². The molecule has 7 nitrogen and oxygen atoms in total. The van der Waals surface area contributed by atoms with Crippen LogP contribution >= 0.6 is 13.4 Å². The largest absolute Gasteiger partial charge is 0.328 e. The first kappa shape index (κ1) is 31.8. The lowest BCUT2D eigenvalue weighted by Gasteiger charge is -2.15. The summed E-state index contributed by atoms with van der Waals surface area (Å²) in [5.74, 6) is 0. The summed E-state index contributed by atoms with van der Waals surface area (Å²) in [4.78, 5) is 45.3. The molecule has 0 heterocycles. The smallest absolute Gasteiger partial charge is 0.319 e. The predicted octanol–water partition coefficient (Wildman–Crippen LogP) is 2.49. The molecule has 0 aromatic rings. The van der Waals surface area contributed by atoms with E-state index in [2.05, 4.69) is 51.3 Å². The maximum atomic E-state index is 7.56. The van der Waals surface area contributed by atoms with E-state index < -0.39 is 13.4 Å². The Bertz CT molecular complexity index is 267. The highest BCUT2D eigenvalue weighted by Gasteiger charge is 2.06. The van der Waals surface area contributed by atoms with E-state index in [4.69, 9.17) is 35.1 Å². The van der Waals surface area contributed by atoms with E-state index in [0.717, 1.165) is 0 Å². The van der Waals surface area contributed by atoms with Crippen LogP contribution in [0.3, 0.4) is 0 Å². The molecular formula is C12H35NO6P2S2. The summed E-state index contributed by atoms with van der Waals surface area (Å²) >= 11 is 7.21. The molecule has 1 rings (SSSR count). The van der Waals surface area contributed by atoms with Crippen molar-refractivity contribution in [1.29, 1.82) is 0 Å². The fourth-order valence-corrected chi connectivity index (χ4v) is 1.13. The molecule has 1 fully saturated rings. The van der Waals surface area contributed by atoms with Gasteiger partial charge in [0.1, 0.15) is 0 Å². The first-order valence-electron chi connectivity index (χ1n) is 7.54. The molecule has 0 atom stereocenters. The van der Waals surface area contributed by atoms with Gasteiger partial charge in [0.15, 0.2) is 0 Å². The second kappa shape index (κ2) is 21.1. The zero-order chi connectivity index (χ0) is 19.5. The SMILES string of the molecule is CCC.CCC.NC1CCCCC1.OP(O)(O)=S.OP(O)(O)=S. The molecule has 0 unspecified atom stereocenters. The quantitative estimate of drug-likeness (QED) is 0.296. The van der Waals surface area contributed by atoms with E-state index >= 15 is 0 Å². The van der Waals surface area contributed by atoms with E-state index in [9.17, 15) is 0 Å². The van der Waals surface area contributed by atoms with Gasteiger partial charge < -0.3 is 35.1 Å². The van der Waals surface area contributed by atoms with E-state index in [-0.39, 0.29) is 0 Å². The van der Waals surface area contributed by atoms with E-state index in [1.165, 1.54) is 44.9 Å². The van der Waals surface area contributed by atoms with Crippen molar-refractivity contribution in [2.75, 3.05) is 0 Å². The third-order valence-corrected chi connectivity index (χ3v) is 1.65. The Balaban J connectivity index is -0.000000103. The lowest BCUT2D eigenvalue weighted by Crippen LogP contribution is -2.22. The lowest BCUT2D eigenvalue weighted by molar-refractivity contribution is 0.361. The van der Waals surface area contributed by atoms with Gasteiger partial charge >= 0.3 is 13.4 Å². The maximum Gasteiger partial charge on any atom is 0.319 e. The average Bonchev–Trinajstić information content (AvgIpc) is 2.27. The summed E-state index contributed by atoms with van der Waals surface area (Å²) in [7, 11) is 0. The van der Waals surface area contributed by atoms with E-state index in [1.54, 1.807) is 0 Å². The number of hydrogen-bond acceptors (Lipinski definition) is 3. The van der Waals surface area contributed by atoms with Crippen molar-refractivity contribution in [2.24, 2.45) is 5.73 Å². The number of hydrogen-bond donors (Lipinski definition) is 7. The minimum Gasteiger partial charge on any atom is -0.328 e. The van der Waals surface area contributed by atoms with Gasteiger partial charge in [-0.3, -0.25) is 0 Å². The molecule has 0 aromatic carbocycles. The highest BCUT2D eigenvalue weighted by atomic mass is 32.5. The second-order valence-corrected chi connectivity index (χ2v) is 9.83. The molecule has 8 N–H and O–H groups in total. The minimum absolute atomic E-state index is 0.536. The highest BCUT2D eigenvalue weighted by molar-refractivity contribution is 8.06. The standard InChI is InChI=1S/C6H13N.2C3H8.2H3O3PS/c7-6-4-2-1-3-5-6;2*1-3-2;2*1-4(2,3)5/h6H,1-5,7H2;2*3H2,1-2H3;2*(H3,1,2,3,5). The van der Waals surface area contributed by atoms with Crippen LogP contribution in [0.5, 0.6) is 0 Å². The Morgan fingerprint density at radius 2 is 0.913 bits per heavy atom. The zero-order valence-electron chi connectivity index (χ0n) is 14.5. The zero-order valence-corrected chi connectivity index (χ0v) is 17.9. The van der Waals surface area contributed by atoms with Crippen LogP contribution in [0.4, 0.5) is 0 Å². The van der Waals surface area contributed by atoms with E-state index in [1.807, 2.05) is 0 Å². The molecule has 0 radical (unpaired) electrons. The third kappa shape index (κ3) is 125. The van der Waals surface area contributed by atoms with Crippen molar-refractivity contribution in [3.05, 3.63) is 0 Å². The molecule has 146 valence electrons. The normalized spacial score (nSPS) is 14.4. The summed E-state index contributed by atoms with van der Waals surface area (Å²) in [6.45, 7) is 0.889. The van der Waals surface area contributed by atoms with Crippen LogP contribution in [-0.4, -0.2) is 35.4 Å². The molecule has 0 saturated heterocycles. The van der Waals surface area contributed by atoms with Gasteiger partial charge in [-0.1, -0.05) is 59.8 Å². The Morgan fingerprint density at radius 1 is 0.739 bits per heavy atom. The molecule has 1 aliphatic carbocycles. The van der Waals surface area contributed by atoms with Crippen LogP contribution in [0.2, 0.25) is 0 Å². The maximum absolute atomic E-state index is 7.56. The molecule has 0 bridgehead atoms. The Kier molecular flexibility index (Phi) is 29.1. The average molecular weight is 415 g/mol. The molecule has 23 heavy (non-hydrogen) atoms. The van der Waals surface area contributed by atoms with Crippen LogP contribution in [0.25, 0.3) is 0 Å². The third-order valence-electron chi connectivity index (χ3n) is 1.65. The number of rotatable bonds is 0. The lowest BCUT2D eigenvalue weighted by atomic mass is 9.97. The van der Waals surface area contributed by atoms with Gasteiger partial charge in [-0.05, 0) is 36.5 Å². The summed E-state index contributed by atoms with van der Waals surface area (Å²) < 4.78 is 0. The summed E-state index contributed by atoms with van der Waals surface area (Å²) in [6.07, 6.45) is 9.16. The first-order valence-corrected chi connectivity index (χ1v) is 12.9. The van der Waals surface area contributed by atoms with Crippen molar-refractivity contribution in [1.82, 2.24) is 0 Å². The van der Waals surface area contributed by atoms with Gasteiger partial charge in [0.2, 0.25) is 0 Å². The van der Waals surface area contributed by atoms with Crippen LogP contribution in [-0.2, 0) is 23.6 Å². The Morgan fingerprint density at radius 3 is 1.00 bits per heavy atom. The second-order valence-electron chi connectivity index (χ2n) is 4.84. The van der Waals surface area contributed by atoms with Gasteiger partial charge in [0.05, 0.1) is 0 Å². The molecule has 0 aliphatic heterocycles. The van der Waals surface area contributed by atoms with Crippen molar-refractivity contribution < 1.29 is 29.4 Å². The van der Waals surface area contributed by atoms with Crippen molar-refractivity contribution in [3.8, 4) is 0 Å².